The summed E-state index contributed by atoms with van der Waals surface area (Å²) in [6.07, 6.45) is 2.76. The summed E-state index contributed by atoms with van der Waals surface area (Å²) in [6, 6.07) is 21.1. The van der Waals surface area contributed by atoms with Crippen molar-refractivity contribution in [3.8, 4) is 5.88 Å². The number of pyridine rings is 1. The van der Waals surface area contributed by atoms with E-state index in [1.54, 1.807) is 105 Å². The average Bonchev–Trinajstić information content (AvgIpc) is 3.95. The first-order valence-electron chi connectivity index (χ1n) is 18.2. The van der Waals surface area contributed by atoms with Gasteiger partial charge in [0.05, 0.1) is 18.0 Å². The topological polar surface area (TPSA) is 144 Å². The number of anilines is 1. The number of nitrogens with two attached hydrogens (primary N) is 1. The summed E-state index contributed by atoms with van der Waals surface area (Å²) in [7, 11) is -2.52. The van der Waals surface area contributed by atoms with Crippen LogP contribution in [0.15, 0.2) is 96.0 Å². The number of aromatic nitrogens is 1. The average molecular weight is 792 g/mol. The van der Waals surface area contributed by atoms with E-state index in [1.807, 2.05) is 0 Å². The highest BCUT2D eigenvalue weighted by atomic mass is 35.5. The predicted molar refractivity (Wildman–Crippen MR) is 209 cm³/mol. The van der Waals surface area contributed by atoms with E-state index in [2.05, 4.69) is 10.3 Å². The van der Waals surface area contributed by atoms with Gasteiger partial charge in [-0.25, -0.2) is 22.6 Å². The first-order chi connectivity index (χ1) is 26.1. The van der Waals surface area contributed by atoms with Crippen molar-refractivity contribution in [2.24, 2.45) is 11.1 Å². The number of benzene rings is 3. The first kappa shape index (κ1) is 40.1. The number of amides is 2. The maximum atomic E-state index is 15.8. The first-order valence-corrected chi connectivity index (χ1v) is 20.0. The van der Waals surface area contributed by atoms with Gasteiger partial charge in [0.25, 0.3) is 0 Å². The summed E-state index contributed by atoms with van der Waals surface area (Å²) in [4.78, 5) is 33.6. The summed E-state index contributed by atoms with van der Waals surface area (Å²) >= 11 is 6.17. The van der Waals surface area contributed by atoms with Gasteiger partial charge in [0.2, 0.25) is 21.8 Å². The maximum absolute atomic E-state index is 15.8. The lowest BCUT2D eigenvalue weighted by molar-refractivity contribution is -0.117. The van der Waals surface area contributed by atoms with Crippen molar-refractivity contribution in [2.45, 2.75) is 75.0 Å². The number of ether oxygens (including phenoxy) is 2. The predicted octanol–water partition coefficient (Wildman–Crippen LogP) is 7.00. The molecule has 3 aromatic carbocycles. The zero-order valence-electron chi connectivity index (χ0n) is 31.4. The van der Waals surface area contributed by atoms with E-state index >= 15 is 4.39 Å². The SMILES string of the molecule is COc1ccc([C@H](c2ccc(Cl)cc2)[C@H](N)C(=O)Nc2cccc(F)c2CCC2CN(C(=O)OC(C)(C)C)CC3(CC3)CN2S(=O)(=O)c2ccccc2)cn1. The summed E-state index contributed by atoms with van der Waals surface area (Å²) in [5, 5.41) is 3.37. The zero-order chi connectivity index (χ0) is 39.5. The van der Waals surface area contributed by atoms with Crippen molar-refractivity contribution in [3.63, 3.8) is 0 Å². The van der Waals surface area contributed by atoms with Crippen LogP contribution in [0.2, 0.25) is 5.02 Å². The highest BCUT2D eigenvalue weighted by Gasteiger charge is 2.52. The number of rotatable bonds is 11. The number of sulfonamides is 1. The van der Waals surface area contributed by atoms with Crippen LogP contribution in [-0.2, 0) is 26.0 Å². The molecule has 0 bridgehead atoms. The molecule has 0 radical (unpaired) electrons. The van der Waals surface area contributed by atoms with Crippen LogP contribution in [0.3, 0.4) is 0 Å². The molecule has 1 unspecified atom stereocenters. The molecule has 2 fully saturated rings. The summed E-state index contributed by atoms with van der Waals surface area (Å²) < 4.78 is 56.9. The lowest BCUT2D eigenvalue weighted by atomic mass is 9.85. The molecule has 1 saturated heterocycles. The summed E-state index contributed by atoms with van der Waals surface area (Å²) in [5.41, 5.74) is 7.28. The van der Waals surface area contributed by atoms with Crippen LogP contribution in [0.25, 0.3) is 0 Å². The third kappa shape index (κ3) is 9.46. The molecule has 2 heterocycles. The zero-order valence-corrected chi connectivity index (χ0v) is 32.9. The Bertz CT molecular complexity index is 2090. The van der Waals surface area contributed by atoms with Crippen LogP contribution >= 0.6 is 11.6 Å². The van der Waals surface area contributed by atoms with Crippen molar-refractivity contribution in [1.29, 1.82) is 0 Å². The van der Waals surface area contributed by atoms with Gasteiger partial charge in [0, 0.05) is 65.5 Å². The number of nitrogens with zero attached hydrogens (tertiary/aromatic N) is 3. The number of carbonyl (C=O) groups is 2. The Balaban J connectivity index is 1.29. The molecule has 1 aromatic heterocycles. The molecule has 3 atom stereocenters. The molecule has 1 saturated carbocycles. The van der Waals surface area contributed by atoms with Gasteiger partial charge in [-0.3, -0.25) is 4.79 Å². The van der Waals surface area contributed by atoms with Crippen LogP contribution in [0.5, 0.6) is 5.88 Å². The van der Waals surface area contributed by atoms with Crippen LogP contribution in [-0.4, -0.2) is 79.0 Å². The molecule has 6 rings (SSSR count). The van der Waals surface area contributed by atoms with E-state index in [9.17, 15) is 18.0 Å². The van der Waals surface area contributed by atoms with Gasteiger partial charge < -0.3 is 25.4 Å². The minimum atomic E-state index is -4.02. The smallest absolute Gasteiger partial charge is 0.410 e. The quantitative estimate of drug-likeness (QED) is 0.165. The van der Waals surface area contributed by atoms with Crippen molar-refractivity contribution in [3.05, 3.63) is 119 Å². The summed E-state index contributed by atoms with van der Waals surface area (Å²) in [6.45, 7) is 5.94. The van der Waals surface area contributed by atoms with E-state index in [0.717, 1.165) is 18.4 Å². The number of carbonyl (C=O) groups excluding carboxylic acids is 2. The molecular weight excluding hydrogens is 745 g/mol. The molecule has 292 valence electrons. The summed E-state index contributed by atoms with van der Waals surface area (Å²) in [5.74, 6) is -1.40. The molecule has 1 aliphatic heterocycles. The normalized spacial score (nSPS) is 18.2. The van der Waals surface area contributed by atoms with Crippen molar-refractivity contribution >= 4 is 39.3 Å². The molecule has 11 nitrogen and oxygen atoms in total. The Morgan fingerprint density at radius 2 is 1.69 bits per heavy atom. The van der Waals surface area contributed by atoms with Crippen molar-refractivity contribution in [2.75, 3.05) is 32.1 Å². The molecule has 1 aliphatic carbocycles. The number of halogens is 2. The van der Waals surface area contributed by atoms with Gasteiger partial charge in [-0.15, -0.1) is 0 Å². The van der Waals surface area contributed by atoms with Gasteiger partial charge in [-0.05, 0) is 94.0 Å². The fourth-order valence-electron chi connectivity index (χ4n) is 7.11. The minimum absolute atomic E-state index is 0.0428. The van der Waals surface area contributed by atoms with E-state index in [0.29, 0.717) is 23.0 Å². The second-order valence-electron chi connectivity index (χ2n) is 15.4. The molecule has 1 spiro atoms. The maximum Gasteiger partial charge on any atom is 0.410 e. The van der Waals surface area contributed by atoms with Gasteiger partial charge in [-0.1, -0.05) is 54.1 Å². The molecule has 2 amide bonds. The fraction of sp³-hybridized carbons (Fsp3) is 0.390. The Hall–Kier alpha value is -4.56. The monoisotopic (exact) mass is 791 g/mol. The van der Waals surface area contributed by atoms with Gasteiger partial charge in [0.15, 0.2) is 0 Å². The van der Waals surface area contributed by atoms with E-state index < -0.39 is 56.9 Å². The molecular formula is C41H47ClFN5O6S. The van der Waals surface area contributed by atoms with Crippen molar-refractivity contribution < 1.29 is 31.9 Å². The lowest BCUT2D eigenvalue weighted by Crippen LogP contribution is -2.46. The van der Waals surface area contributed by atoms with Gasteiger partial charge >= 0.3 is 6.09 Å². The standard InChI is InChI=1S/C41H47ClFN5O6S/c1-40(2,3)54-39(50)47-24-30(48(26-41(25-47)21-22-41)55(51,52)31-9-6-5-7-10-31)18-19-32-33(43)11-8-12-34(32)46-38(49)37(44)36(27-13-16-29(42)17-14-27)28-15-20-35(53-4)45-23-28/h5-17,20,23,30,36-37H,18-19,21-22,24-26,44H2,1-4H3,(H,46,49)/t30?,36-,37-/m0/s1. The van der Waals surface area contributed by atoms with E-state index in [-0.39, 0.29) is 42.1 Å². The van der Waals surface area contributed by atoms with E-state index in [4.69, 9.17) is 26.8 Å². The lowest BCUT2D eigenvalue weighted by Gasteiger charge is -2.32. The third-order valence-electron chi connectivity index (χ3n) is 10.1. The highest BCUT2D eigenvalue weighted by molar-refractivity contribution is 7.89. The second-order valence-corrected chi connectivity index (χ2v) is 17.7. The molecule has 4 aromatic rings. The van der Waals surface area contributed by atoms with Crippen LogP contribution in [0.4, 0.5) is 14.9 Å². The Kier molecular flexibility index (Phi) is 11.9. The number of hydrogen-bond donors (Lipinski definition) is 2. The number of methoxy groups -OCH3 is 1. The molecule has 55 heavy (non-hydrogen) atoms. The fourth-order valence-corrected chi connectivity index (χ4v) is 9.02. The second kappa shape index (κ2) is 16.3. The number of nitrogens with one attached hydrogen (secondary N) is 1. The molecule has 3 N–H and O–H groups in total. The van der Waals surface area contributed by atoms with Crippen LogP contribution in [0.1, 0.15) is 62.6 Å². The van der Waals surface area contributed by atoms with E-state index in [1.165, 1.54) is 23.5 Å². The van der Waals surface area contributed by atoms with Crippen molar-refractivity contribution in [1.82, 2.24) is 14.2 Å². The minimum Gasteiger partial charge on any atom is -0.481 e. The Morgan fingerprint density at radius 3 is 2.31 bits per heavy atom. The molecule has 2 aliphatic rings. The van der Waals surface area contributed by atoms with Crippen LogP contribution < -0.4 is 15.8 Å². The largest absolute Gasteiger partial charge is 0.481 e. The van der Waals surface area contributed by atoms with Crippen LogP contribution in [0, 0.1) is 11.2 Å². The number of hydrogen-bond acceptors (Lipinski definition) is 8. The highest BCUT2D eigenvalue weighted by Crippen LogP contribution is 2.50. The van der Waals surface area contributed by atoms with Gasteiger partial charge in [-0.2, -0.15) is 4.31 Å². The Labute approximate surface area is 327 Å². The molecule has 14 heteroatoms. The third-order valence-corrected chi connectivity index (χ3v) is 12.3. The van der Waals surface area contributed by atoms with Gasteiger partial charge in [0.1, 0.15) is 11.4 Å². The Morgan fingerprint density at radius 1 is 1.00 bits per heavy atom.